The molecule has 0 aliphatic rings. The van der Waals surface area contributed by atoms with Crippen LogP contribution in [0.3, 0.4) is 0 Å². The summed E-state index contributed by atoms with van der Waals surface area (Å²) < 4.78 is 1.01. The molecule has 18 heavy (non-hydrogen) atoms. The van der Waals surface area contributed by atoms with Crippen LogP contribution in [-0.4, -0.2) is 7.05 Å². The first-order valence-corrected chi connectivity index (χ1v) is 6.64. The number of hydrogen-bond donors (Lipinski definition) is 1. The molecule has 0 aliphatic carbocycles. The second-order valence-electron chi connectivity index (χ2n) is 4.56. The molecule has 2 nitrogen and oxygen atoms in total. The fourth-order valence-electron chi connectivity index (χ4n) is 1.91. The smallest absolute Gasteiger partial charge is 0.0556 e. The van der Waals surface area contributed by atoms with Gasteiger partial charge in [-0.05, 0) is 65.2 Å². The van der Waals surface area contributed by atoms with Crippen LogP contribution >= 0.6 is 15.9 Å². The van der Waals surface area contributed by atoms with E-state index in [1.807, 2.05) is 13.0 Å². The minimum Gasteiger partial charge on any atom is -0.398 e. The van der Waals surface area contributed by atoms with E-state index < -0.39 is 0 Å². The number of nitrogens with two attached hydrogens (primary N) is 1. The van der Waals surface area contributed by atoms with Crippen molar-refractivity contribution in [2.24, 2.45) is 0 Å². The van der Waals surface area contributed by atoms with E-state index in [1.165, 1.54) is 11.3 Å². The van der Waals surface area contributed by atoms with Crippen molar-refractivity contribution in [1.82, 2.24) is 0 Å². The highest BCUT2D eigenvalue weighted by atomic mass is 79.9. The molecule has 3 heteroatoms. The molecule has 0 heterocycles. The number of aryl methyl sites for hydroxylation is 2. The third kappa shape index (κ3) is 2.51. The van der Waals surface area contributed by atoms with Crippen molar-refractivity contribution >= 4 is 33.0 Å². The number of halogens is 1. The molecular formula is C15H17BrN2. The molecule has 0 bridgehead atoms. The Kier molecular flexibility index (Phi) is 3.62. The molecule has 2 N–H and O–H groups in total. The van der Waals surface area contributed by atoms with Gasteiger partial charge in [0.05, 0.1) is 5.69 Å². The highest BCUT2D eigenvalue weighted by Crippen LogP contribution is 2.34. The van der Waals surface area contributed by atoms with Crippen LogP contribution in [0.4, 0.5) is 17.1 Å². The van der Waals surface area contributed by atoms with Gasteiger partial charge in [-0.25, -0.2) is 0 Å². The molecule has 0 spiro atoms. The average molecular weight is 305 g/mol. The molecule has 0 aliphatic heterocycles. The van der Waals surface area contributed by atoms with Gasteiger partial charge < -0.3 is 10.6 Å². The molecule has 2 aromatic carbocycles. The van der Waals surface area contributed by atoms with Crippen molar-refractivity contribution < 1.29 is 0 Å². The summed E-state index contributed by atoms with van der Waals surface area (Å²) in [4.78, 5) is 2.16. The highest BCUT2D eigenvalue weighted by Gasteiger charge is 2.10. The van der Waals surface area contributed by atoms with Crippen molar-refractivity contribution in [2.45, 2.75) is 13.8 Å². The van der Waals surface area contributed by atoms with Crippen LogP contribution in [0.25, 0.3) is 0 Å². The number of nitrogens with zero attached hydrogens (tertiary/aromatic N) is 1. The Hall–Kier alpha value is -1.48. The maximum Gasteiger partial charge on any atom is 0.0556 e. The van der Waals surface area contributed by atoms with Crippen LogP contribution in [0.1, 0.15) is 11.1 Å². The first kappa shape index (κ1) is 13.0. The van der Waals surface area contributed by atoms with E-state index >= 15 is 0 Å². The van der Waals surface area contributed by atoms with Crippen molar-refractivity contribution in [3.63, 3.8) is 0 Å². The van der Waals surface area contributed by atoms with Gasteiger partial charge in [-0.15, -0.1) is 0 Å². The van der Waals surface area contributed by atoms with Crippen molar-refractivity contribution in [3.05, 3.63) is 52.0 Å². The van der Waals surface area contributed by atoms with Crippen LogP contribution in [0, 0.1) is 13.8 Å². The van der Waals surface area contributed by atoms with Crippen LogP contribution in [0.15, 0.2) is 40.9 Å². The largest absolute Gasteiger partial charge is 0.398 e. The summed E-state index contributed by atoms with van der Waals surface area (Å²) in [5, 5.41) is 0. The fourth-order valence-corrected chi connectivity index (χ4v) is 2.54. The number of benzene rings is 2. The molecule has 0 atom stereocenters. The van der Waals surface area contributed by atoms with Crippen molar-refractivity contribution in [2.75, 3.05) is 17.7 Å². The Bertz CT molecular complexity index is 579. The summed E-state index contributed by atoms with van der Waals surface area (Å²) in [7, 11) is 2.06. The number of anilines is 3. The maximum absolute atomic E-state index is 5.90. The summed E-state index contributed by atoms with van der Waals surface area (Å²) in [6, 6.07) is 12.5. The quantitative estimate of drug-likeness (QED) is 0.832. The van der Waals surface area contributed by atoms with E-state index in [9.17, 15) is 0 Å². The van der Waals surface area contributed by atoms with Crippen molar-refractivity contribution in [1.29, 1.82) is 0 Å². The molecule has 0 saturated carbocycles. The average Bonchev–Trinajstić information content (AvgIpc) is 2.33. The predicted octanol–water partition coefficient (Wildman–Crippen LogP) is 4.42. The van der Waals surface area contributed by atoms with Crippen LogP contribution in [0.5, 0.6) is 0 Å². The van der Waals surface area contributed by atoms with Gasteiger partial charge >= 0.3 is 0 Å². The van der Waals surface area contributed by atoms with Gasteiger partial charge in [-0.1, -0.05) is 12.1 Å². The predicted molar refractivity (Wildman–Crippen MR) is 82.5 cm³/mol. The molecule has 0 unspecified atom stereocenters. The summed E-state index contributed by atoms with van der Waals surface area (Å²) in [5.41, 5.74) is 11.3. The molecule has 2 aromatic rings. The number of nitrogen functional groups attached to an aromatic ring is 1. The third-order valence-electron chi connectivity index (χ3n) is 3.09. The second kappa shape index (κ2) is 5.02. The zero-order valence-corrected chi connectivity index (χ0v) is 12.5. The lowest BCUT2D eigenvalue weighted by atomic mass is 10.1. The summed E-state index contributed by atoms with van der Waals surface area (Å²) in [6.07, 6.45) is 0. The number of rotatable bonds is 2. The highest BCUT2D eigenvalue weighted by molar-refractivity contribution is 9.10. The first-order chi connectivity index (χ1) is 8.49. The van der Waals surface area contributed by atoms with Gasteiger partial charge in [0.15, 0.2) is 0 Å². The lowest BCUT2D eigenvalue weighted by molar-refractivity contribution is 1.19. The summed E-state index contributed by atoms with van der Waals surface area (Å²) >= 11 is 3.58. The molecule has 0 saturated heterocycles. The molecule has 0 amide bonds. The fraction of sp³-hybridized carbons (Fsp3) is 0.200. The Morgan fingerprint density at radius 2 is 1.83 bits per heavy atom. The molecule has 2 rings (SSSR count). The van der Waals surface area contributed by atoms with E-state index in [4.69, 9.17) is 5.73 Å². The minimum atomic E-state index is 0.809. The van der Waals surface area contributed by atoms with Crippen molar-refractivity contribution in [3.8, 4) is 0 Å². The molecule has 0 aromatic heterocycles. The Labute approximate surface area is 117 Å². The van der Waals surface area contributed by atoms with Crippen LogP contribution < -0.4 is 10.6 Å². The Balaban J connectivity index is 2.46. The zero-order valence-electron chi connectivity index (χ0n) is 10.9. The SMILES string of the molecule is Cc1cccc(N(C)c2cc(C)c(N)cc2Br)c1. The van der Waals surface area contributed by atoms with Gasteiger partial charge in [0, 0.05) is 22.9 Å². The minimum absolute atomic E-state index is 0.809. The number of hydrogen-bond acceptors (Lipinski definition) is 2. The van der Waals surface area contributed by atoms with E-state index in [1.54, 1.807) is 0 Å². The molecule has 94 valence electrons. The van der Waals surface area contributed by atoms with Gasteiger partial charge in [0.25, 0.3) is 0 Å². The van der Waals surface area contributed by atoms with Gasteiger partial charge in [-0.3, -0.25) is 0 Å². The van der Waals surface area contributed by atoms with E-state index in [0.29, 0.717) is 0 Å². The molecule has 0 radical (unpaired) electrons. The van der Waals surface area contributed by atoms with Gasteiger partial charge in [0.1, 0.15) is 0 Å². The summed E-state index contributed by atoms with van der Waals surface area (Å²) in [5.74, 6) is 0. The summed E-state index contributed by atoms with van der Waals surface area (Å²) in [6.45, 7) is 4.12. The van der Waals surface area contributed by atoms with E-state index in [-0.39, 0.29) is 0 Å². The molecular weight excluding hydrogens is 288 g/mol. The first-order valence-electron chi connectivity index (χ1n) is 5.85. The Morgan fingerprint density at radius 1 is 1.11 bits per heavy atom. The topological polar surface area (TPSA) is 29.3 Å². The van der Waals surface area contributed by atoms with Crippen LogP contribution in [-0.2, 0) is 0 Å². The molecule has 0 fully saturated rings. The monoisotopic (exact) mass is 304 g/mol. The van der Waals surface area contributed by atoms with Gasteiger partial charge in [0.2, 0.25) is 0 Å². The second-order valence-corrected chi connectivity index (χ2v) is 5.41. The zero-order chi connectivity index (χ0) is 13.3. The van der Waals surface area contributed by atoms with Crippen LogP contribution in [0.2, 0.25) is 0 Å². The van der Waals surface area contributed by atoms with Gasteiger partial charge in [-0.2, -0.15) is 0 Å². The maximum atomic E-state index is 5.90. The lowest BCUT2D eigenvalue weighted by Crippen LogP contribution is -2.10. The van der Waals surface area contributed by atoms with E-state index in [0.717, 1.165) is 21.4 Å². The standard InChI is InChI=1S/C15H17BrN2/c1-10-5-4-6-12(7-10)18(3)15-8-11(2)14(17)9-13(15)16/h4-9H,17H2,1-3H3. The Morgan fingerprint density at radius 3 is 2.50 bits per heavy atom. The normalized spacial score (nSPS) is 10.4. The lowest BCUT2D eigenvalue weighted by Gasteiger charge is -2.22. The third-order valence-corrected chi connectivity index (χ3v) is 3.72. The van der Waals surface area contributed by atoms with E-state index in [2.05, 4.69) is 65.1 Å².